The first kappa shape index (κ1) is 8.01. The van der Waals surface area contributed by atoms with E-state index in [9.17, 15) is 0 Å². The second-order valence-electron chi connectivity index (χ2n) is 0.980. The summed E-state index contributed by atoms with van der Waals surface area (Å²) in [4.78, 5) is 20.7. The van der Waals surface area contributed by atoms with Crippen molar-refractivity contribution in [1.29, 1.82) is 0 Å². The molecule has 0 aromatic carbocycles. The summed E-state index contributed by atoms with van der Waals surface area (Å²) in [5.74, 6) is 0. The molecule has 5 heteroatoms. The fraction of sp³-hybridized carbons (Fsp3) is 0.333. The molecule has 0 saturated carbocycles. The van der Waals surface area contributed by atoms with Crippen LogP contribution in [0.4, 0.5) is 0 Å². The first-order valence-corrected chi connectivity index (χ1v) is 3.18. The van der Waals surface area contributed by atoms with Crippen molar-refractivity contribution in [1.82, 2.24) is 5.25 Å². The molecule has 3 N–H and O–H groups in total. The monoisotopic (exact) mass is 137 g/mol. The molecule has 4 nitrogen and oxygen atoms in total. The van der Waals surface area contributed by atoms with E-state index in [1.165, 1.54) is 6.08 Å². The Hall–Kier alpha value is 0.0100. The van der Waals surface area contributed by atoms with Gasteiger partial charge in [0.25, 0.3) is 8.53 Å². The molecule has 0 aliphatic carbocycles. The average molecular weight is 137 g/mol. The van der Waals surface area contributed by atoms with Crippen LogP contribution in [0.25, 0.3) is 0 Å². The Kier molecular flexibility index (Phi) is 5.16. The number of hydrogen-bond donors (Lipinski definition) is 3. The second kappa shape index (κ2) is 5.15. The molecule has 0 atom stereocenters. The molecule has 0 aliphatic heterocycles. The molecule has 0 amide bonds. The molecular weight excluding hydrogens is 129 g/mol. The summed E-state index contributed by atoms with van der Waals surface area (Å²) in [6.45, 7) is 3.60. The molecule has 0 rings (SSSR count). The van der Waals surface area contributed by atoms with Crippen molar-refractivity contribution >= 4 is 8.53 Å². The zero-order chi connectivity index (χ0) is 6.41. The van der Waals surface area contributed by atoms with E-state index in [-0.39, 0.29) is 6.61 Å². The molecular formula is C3H8NO3P. The first-order chi connectivity index (χ1) is 3.77. The van der Waals surface area contributed by atoms with Gasteiger partial charge in [0.15, 0.2) is 0 Å². The van der Waals surface area contributed by atoms with Gasteiger partial charge in [0, 0.05) is 0 Å². The van der Waals surface area contributed by atoms with Gasteiger partial charge in [-0.15, -0.1) is 11.8 Å². The summed E-state index contributed by atoms with van der Waals surface area (Å²) < 4.78 is 0. The highest BCUT2D eigenvalue weighted by atomic mass is 31.2. The Balaban J connectivity index is 2.81. The average Bonchev–Trinajstić information content (AvgIpc) is 1.66. The zero-order valence-corrected chi connectivity index (χ0v) is 5.14. The largest absolute Gasteiger partial charge is 0.337 e. The lowest BCUT2D eigenvalue weighted by Gasteiger charge is -2.01. The molecule has 0 radical (unpaired) electrons. The number of nitrogens with one attached hydrogen (secondary N) is 1. The zero-order valence-electron chi connectivity index (χ0n) is 4.24. The minimum atomic E-state index is -2.13. The SMILES string of the molecule is C=CCONP(O)O. The third-order valence-corrected chi connectivity index (χ3v) is 0.640. The lowest BCUT2D eigenvalue weighted by Crippen LogP contribution is -2.06. The van der Waals surface area contributed by atoms with E-state index < -0.39 is 8.53 Å². The fourth-order valence-corrected chi connectivity index (χ4v) is 0.344. The first-order valence-electron chi connectivity index (χ1n) is 1.93. The van der Waals surface area contributed by atoms with E-state index in [2.05, 4.69) is 11.4 Å². The molecule has 8 heavy (non-hydrogen) atoms. The van der Waals surface area contributed by atoms with Crippen molar-refractivity contribution in [2.24, 2.45) is 0 Å². The second-order valence-corrected chi connectivity index (χ2v) is 1.74. The highest BCUT2D eigenvalue weighted by Gasteiger charge is 1.92. The molecule has 0 fully saturated rings. The summed E-state index contributed by atoms with van der Waals surface area (Å²) >= 11 is 0. The fourth-order valence-electron chi connectivity index (χ4n) is 0.154. The van der Waals surface area contributed by atoms with Gasteiger partial charge in [-0.2, -0.15) is 0 Å². The Labute approximate surface area is 48.7 Å². The highest BCUT2D eigenvalue weighted by molar-refractivity contribution is 7.42. The Morgan fingerprint density at radius 2 is 2.38 bits per heavy atom. The van der Waals surface area contributed by atoms with E-state index >= 15 is 0 Å². The van der Waals surface area contributed by atoms with Gasteiger partial charge in [-0.3, -0.25) is 4.84 Å². The van der Waals surface area contributed by atoms with Gasteiger partial charge >= 0.3 is 0 Å². The number of rotatable bonds is 4. The van der Waals surface area contributed by atoms with E-state index in [0.717, 1.165) is 0 Å². The van der Waals surface area contributed by atoms with Crippen LogP contribution < -0.4 is 5.25 Å². The van der Waals surface area contributed by atoms with E-state index in [1.807, 2.05) is 5.25 Å². The van der Waals surface area contributed by atoms with Crippen molar-refractivity contribution in [3.63, 3.8) is 0 Å². The highest BCUT2D eigenvalue weighted by Crippen LogP contribution is 2.14. The smallest absolute Gasteiger partial charge is 0.275 e. The van der Waals surface area contributed by atoms with Crippen molar-refractivity contribution in [2.45, 2.75) is 0 Å². The lowest BCUT2D eigenvalue weighted by atomic mass is 10.7. The molecule has 0 aromatic heterocycles. The molecule has 0 spiro atoms. The third kappa shape index (κ3) is 6.01. The minimum Gasteiger partial charge on any atom is -0.337 e. The van der Waals surface area contributed by atoms with Crippen molar-refractivity contribution in [3.8, 4) is 0 Å². The van der Waals surface area contributed by atoms with Gasteiger partial charge in [-0.25, -0.2) is 0 Å². The Morgan fingerprint density at radius 1 is 1.75 bits per heavy atom. The van der Waals surface area contributed by atoms with Crippen LogP contribution in [0.15, 0.2) is 12.7 Å². The summed E-state index contributed by atoms with van der Waals surface area (Å²) in [5, 5.41) is 1.95. The van der Waals surface area contributed by atoms with Crippen LogP contribution >= 0.6 is 8.53 Å². The maximum atomic E-state index is 8.13. The van der Waals surface area contributed by atoms with Crippen molar-refractivity contribution in [2.75, 3.05) is 6.61 Å². The standard InChI is InChI=1S/C3H8NO3P/c1-2-3-7-4-8(5)6/h2,4-6H,1,3H2. The predicted octanol–water partition coefficient (Wildman–Crippen LogP) is -0.0949. The third-order valence-electron chi connectivity index (χ3n) is 0.347. The van der Waals surface area contributed by atoms with E-state index in [1.54, 1.807) is 0 Å². The maximum absolute atomic E-state index is 8.13. The van der Waals surface area contributed by atoms with E-state index in [0.29, 0.717) is 0 Å². The van der Waals surface area contributed by atoms with Crippen LogP contribution in [0.5, 0.6) is 0 Å². The molecule has 0 aromatic rings. The normalized spacial score (nSPS) is 9.88. The van der Waals surface area contributed by atoms with Crippen LogP contribution in [0.1, 0.15) is 0 Å². The van der Waals surface area contributed by atoms with E-state index in [4.69, 9.17) is 9.79 Å². The topological polar surface area (TPSA) is 61.7 Å². The summed E-state index contributed by atoms with van der Waals surface area (Å²) in [6.07, 6.45) is 1.49. The molecule has 48 valence electrons. The maximum Gasteiger partial charge on any atom is 0.275 e. The van der Waals surface area contributed by atoms with Crippen LogP contribution in [0.2, 0.25) is 0 Å². The minimum absolute atomic E-state index is 0.264. The van der Waals surface area contributed by atoms with Gasteiger partial charge in [0.1, 0.15) is 0 Å². The molecule has 0 unspecified atom stereocenters. The molecule has 0 bridgehead atoms. The number of hydrogen-bond acceptors (Lipinski definition) is 4. The van der Waals surface area contributed by atoms with Gasteiger partial charge in [0.05, 0.1) is 6.61 Å². The molecule has 0 heterocycles. The Morgan fingerprint density at radius 3 is 2.75 bits per heavy atom. The van der Waals surface area contributed by atoms with Crippen LogP contribution in [0, 0.1) is 0 Å². The van der Waals surface area contributed by atoms with Crippen molar-refractivity contribution < 1.29 is 14.6 Å². The summed E-state index contributed by atoms with van der Waals surface area (Å²) in [7, 11) is -2.13. The lowest BCUT2D eigenvalue weighted by molar-refractivity contribution is 0.108. The van der Waals surface area contributed by atoms with Crippen LogP contribution in [-0.4, -0.2) is 16.4 Å². The van der Waals surface area contributed by atoms with Gasteiger partial charge in [-0.05, 0) is 0 Å². The summed E-state index contributed by atoms with van der Waals surface area (Å²) in [6, 6.07) is 0. The van der Waals surface area contributed by atoms with Crippen molar-refractivity contribution in [3.05, 3.63) is 12.7 Å². The predicted molar refractivity (Wildman–Crippen MR) is 30.6 cm³/mol. The van der Waals surface area contributed by atoms with Crippen LogP contribution in [-0.2, 0) is 4.84 Å². The molecule has 0 saturated heterocycles. The Bertz CT molecular complexity index is 67.5. The molecule has 0 aliphatic rings. The van der Waals surface area contributed by atoms with Crippen LogP contribution in [0.3, 0.4) is 0 Å². The van der Waals surface area contributed by atoms with Gasteiger partial charge < -0.3 is 9.79 Å². The summed E-state index contributed by atoms with van der Waals surface area (Å²) in [5.41, 5.74) is 0. The quantitative estimate of drug-likeness (QED) is 0.219. The van der Waals surface area contributed by atoms with Gasteiger partial charge in [0.2, 0.25) is 0 Å². The van der Waals surface area contributed by atoms with Gasteiger partial charge in [-0.1, -0.05) is 6.08 Å².